The molecule has 0 unspecified atom stereocenters. The summed E-state index contributed by atoms with van der Waals surface area (Å²) in [6, 6.07) is 21.0. The molecule has 25 heavy (non-hydrogen) atoms. The molecule has 5 nitrogen and oxygen atoms in total. The Hall–Kier alpha value is -3.47. The van der Waals surface area contributed by atoms with Crippen molar-refractivity contribution < 1.29 is 19.1 Å². The standard InChI is InChI=1S/C20H15NO4/c22-18(21-19(23)15-8-2-1-3-9-15)13-25-20(24)17-12-6-10-14-7-4-5-11-16(14)17/h1-12H,13H2,(H,21,22,23). The molecule has 0 radical (unpaired) electrons. The summed E-state index contributed by atoms with van der Waals surface area (Å²) in [6.45, 7) is -0.527. The molecule has 0 fully saturated rings. The maximum absolute atomic E-state index is 12.2. The second kappa shape index (κ2) is 7.40. The molecule has 124 valence electrons. The van der Waals surface area contributed by atoms with Crippen molar-refractivity contribution in [2.24, 2.45) is 0 Å². The minimum Gasteiger partial charge on any atom is -0.452 e. The van der Waals surface area contributed by atoms with Crippen LogP contribution in [0.5, 0.6) is 0 Å². The highest BCUT2D eigenvalue weighted by Gasteiger charge is 2.15. The highest BCUT2D eigenvalue weighted by atomic mass is 16.5. The Balaban J connectivity index is 1.62. The monoisotopic (exact) mass is 333 g/mol. The Morgan fingerprint density at radius 3 is 2.28 bits per heavy atom. The van der Waals surface area contributed by atoms with Crippen LogP contribution in [-0.4, -0.2) is 24.4 Å². The third-order valence-electron chi connectivity index (χ3n) is 3.63. The molecule has 0 atom stereocenters. The van der Waals surface area contributed by atoms with E-state index in [9.17, 15) is 14.4 Å². The van der Waals surface area contributed by atoms with Gasteiger partial charge in [0.2, 0.25) is 0 Å². The number of carbonyl (C=O) groups is 3. The van der Waals surface area contributed by atoms with Gasteiger partial charge in [-0.15, -0.1) is 0 Å². The van der Waals surface area contributed by atoms with Crippen LogP contribution in [0, 0.1) is 0 Å². The Morgan fingerprint density at radius 2 is 1.48 bits per heavy atom. The Bertz CT molecular complexity index is 929. The topological polar surface area (TPSA) is 72.5 Å². The summed E-state index contributed by atoms with van der Waals surface area (Å²) < 4.78 is 5.03. The molecule has 0 saturated heterocycles. The van der Waals surface area contributed by atoms with Gasteiger partial charge in [0.25, 0.3) is 11.8 Å². The van der Waals surface area contributed by atoms with E-state index >= 15 is 0 Å². The van der Waals surface area contributed by atoms with Crippen molar-refractivity contribution >= 4 is 28.6 Å². The number of benzene rings is 3. The predicted octanol–water partition coefficient (Wildman–Crippen LogP) is 2.95. The lowest BCUT2D eigenvalue weighted by molar-refractivity contribution is -0.123. The van der Waals surface area contributed by atoms with Crippen LogP contribution in [-0.2, 0) is 9.53 Å². The number of amides is 2. The van der Waals surface area contributed by atoms with Gasteiger partial charge in [0.15, 0.2) is 6.61 Å². The van der Waals surface area contributed by atoms with Crippen molar-refractivity contribution in [1.29, 1.82) is 0 Å². The van der Waals surface area contributed by atoms with Gasteiger partial charge in [-0.05, 0) is 29.0 Å². The van der Waals surface area contributed by atoms with Gasteiger partial charge in [-0.2, -0.15) is 0 Å². The zero-order valence-electron chi connectivity index (χ0n) is 13.3. The first kappa shape index (κ1) is 16.4. The molecule has 1 N–H and O–H groups in total. The lowest BCUT2D eigenvalue weighted by Gasteiger charge is -2.08. The van der Waals surface area contributed by atoms with E-state index in [1.165, 1.54) is 0 Å². The van der Waals surface area contributed by atoms with E-state index in [1.54, 1.807) is 42.5 Å². The fraction of sp³-hybridized carbons (Fsp3) is 0.0500. The van der Waals surface area contributed by atoms with Gasteiger partial charge in [0.1, 0.15) is 0 Å². The molecule has 5 heteroatoms. The zero-order valence-corrected chi connectivity index (χ0v) is 13.3. The van der Waals surface area contributed by atoms with E-state index in [1.807, 2.05) is 30.3 Å². The van der Waals surface area contributed by atoms with Gasteiger partial charge >= 0.3 is 5.97 Å². The molecule has 2 amide bonds. The van der Waals surface area contributed by atoms with Crippen LogP contribution >= 0.6 is 0 Å². The second-order valence-corrected chi connectivity index (χ2v) is 5.35. The van der Waals surface area contributed by atoms with Crippen LogP contribution < -0.4 is 5.32 Å². The quantitative estimate of drug-likeness (QED) is 0.745. The van der Waals surface area contributed by atoms with E-state index in [-0.39, 0.29) is 0 Å². The summed E-state index contributed by atoms with van der Waals surface area (Å²) in [6.07, 6.45) is 0. The van der Waals surface area contributed by atoms with Gasteiger partial charge in [-0.1, -0.05) is 54.6 Å². The lowest BCUT2D eigenvalue weighted by atomic mass is 10.1. The van der Waals surface area contributed by atoms with E-state index in [2.05, 4.69) is 5.32 Å². The van der Waals surface area contributed by atoms with Gasteiger partial charge in [-0.3, -0.25) is 14.9 Å². The first-order valence-electron chi connectivity index (χ1n) is 7.69. The molecular weight excluding hydrogens is 318 g/mol. The summed E-state index contributed by atoms with van der Waals surface area (Å²) in [5.41, 5.74) is 0.733. The summed E-state index contributed by atoms with van der Waals surface area (Å²) in [4.78, 5) is 35.9. The van der Waals surface area contributed by atoms with Crippen LogP contribution in [0.4, 0.5) is 0 Å². The number of imide groups is 1. The summed E-state index contributed by atoms with van der Waals surface area (Å²) >= 11 is 0. The maximum atomic E-state index is 12.2. The minimum atomic E-state index is -0.678. The maximum Gasteiger partial charge on any atom is 0.339 e. The second-order valence-electron chi connectivity index (χ2n) is 5.35. The number of ether oxygens (including phenoxy) is 1. The molecule has 0 bridgehead atoms. The Morgan fingerprint density at radius 1 is 0.800 bits per heavy atom. The average Bonchev–Trinajstić information content (AvgIpc) is 2.66. The Labute approximate surface area is 144 Å². The first-order chi connectivity index (χ1) is 12.1. The van der Waals surface area contributed by atoms with Crippen molar-refractivity contribution in [3.63, 3.8) is 0 Å². The number of nitrogens with one attached hydrogen (secondary N) is 1. The number of carbonyl (C=O) groups excluding carboxylic acids is 3. The van der Waals surface area contributed by atoms with Gasteiger partial charge < -0.3 is 4.74 Å². The van der Waals surface area contributed by atoms with E-state index in [0.29, 0.717) is 11.1 Å². The van der Waals surface area contributed by atoms with Crippen molar-refractivity contribution in [1.82, 2.24) is 5.32 Å². The van der Waals surface area contributed by atoms with Crippen molar-refractivity contribution in [2.75, 3.05) is 6.61 Å². The SMILES string of the molecule is O=C(COC(=O)c1cccc2ccccc12)NC(=O)c1ccccc1. The van der Waals surface area contributed by atoms with E-state index < -0.39 is 24.4 Å². The molecule has 3 aromatic rings. The molecule has 0 saturated carbocycles. The molecule has 0 spiro atoms. The number of hydrogen-bond donors (Lipinski definition) is 1. The van der Waals surface area contributed by atoms with Crippen LogP contribution in [0.2, 0.25) is 0 Å². The summed E-state index contributed by atoms with van der Waals surface area (Å²) in [7, 11) is 0. The molecule has 3 rings (SSSR count). The van der Waals surface area contributed by atoms with Crippen LogP contribution in [0.3, 0.4) is 0 Å². The predicted molar refractivity (Wildman–Crippen MR) is 93.1 cm³/mol. The normalized spacial score (nSPS) is 10.2. The highest BCUT2D eigenvalue weighted by molar-refractivity contribution is 6.07. The minimum absolute atomic E-state index is 0.358. The van der Waals surface area contributed by atoms with Crippen LogP contribution in [0.25, 0.3) is 10.8 Å². The number of esters is 1. The number of hydrogen-bond acceptors (Lipinski definition) is 4. The molecule has 0 heterocycles. The zero-order chi connectivity index (χ0) is 17.6. The van der Waals surface area contributed by atoms with Crippen LogP contribution in [0.15, 0.2) is 72.8 Å². The molecule has 0 aliphatic heterocycles. The smallest absolute Gasteiger partial charge is 0.339 e. The van der Waals surface area contributed by atoms with Crippen LogP contribution in [0.1, 0.15) is 20.7 Å². The Kier molecular flexibility index (Phi) is 4.85. The fourth-order valence-electron chi connectivity index (χ4n) is 2.44. The third kappa shape index (κ3) is 3.90. The molecule has 0 aromatic heterocycles. The lowest BCUT2D eigenvalue weighted by Crippen LogP contribution is -2.34. The van der Waals surface area contributed by atoms with Crippen molar-refractivity contribution in [2.45, 2.75) is 0 Å². The van der Waals surface area contributed by atoms with Gasteiger partial charge in [-0.25, -0.2) is 4.79 Å². The highest BCUT2D eigenvalue weighted by Crippen LogP contribution is 2.19. The molecule has 0 aliphatic carbocycles. The molecule has 3 aromatic carbocycles. The van der Waals surface area contributed by atoms with Crippen molar-refractivity contribution in [3.05, 3.63) is 83.9 Å². The largest absolute Gasteiger partial charge is 0.452 e. The van der Waals surface area contributed by atoms with Gasteiger partial charge in [0.05, 0.1) is 5.56 Å². The first-order valence-corrected chi connectivity index (χ1v) is 7.69. The number of fused-ring (bicyclic) bond motifs is 1. The molecule has 0 aliphatic rings. The number of rotatable bonds is 4. The van der Waals surface area contributed by atoms with E-state index in [4.69, 9.17) is 4.74 Å². The fourth-order valence-corrected chi connectivity index (χ4v) is 2.44. The van der Waals surface area contributed by atoms with E-state index in [0.717, 1.165) is 10.8 Å². The average molecular weight is 333 g/mol. The summed E-state index contributed by atoms with van der Waals surface area (Å²) in [5.74, 6) is -1.83. The van der Waals surface area contributed by atoms with Crippen molar-refractivity contribution in [3.8, 4) is 0 Å². The summed E-state index contributed by atoms with van der Waals surface area (Å²) in [5, 5.41) is 3.83. The van der Waals surface area contributed by atoms with Gasteiger partial charge in [0, 0.05) is 5.56 Å². The third-order valence-corrected chi connectivity index (χ3v) is 3.63. The molecular formula is C20H15NO4.